The van der Waals surface area contributed by atoms with Crippen LogP contribution in [0, 0.1) is 10.1 Å². The number of nitrogens with zero attached hydrogens (tertiary/aromatic N) is 3. The predicted molar refractivity (Wildman–Crippen MR) is 60.2 cm³/mol. The quantitative estimate of drug-likeness (QED) is 0.568. The molecule has 0 aliphatic heterocycles. The van der Waals surface area contributed by atoms with E-state index in [0.29, 0.717) is 0 Å². The average molecular weight is 277 g/mol. The molecule has 1 N–H and O–H groups in total. The maximum Gasteiger partial charge on any atom is 0.363 e. The number of aromatic carboxylic acids is 1. The van der Waals surface area contributed by atoms with E-state index in [9.17, 15) is 23.3 Å². The van der Waals surface area contributed by atoms with Crippen molar-refractivity contribution in [3.8, 4) is 0 Å². The van der Waals surface area contributed by atoms with E-state index in [1.165, 1.54) is 6.92 Å². The first-order valence-electron chi connectivity index (χ1n) is 4.92. The Bertz CT molecular complexity index is 544. The lowest BCUT2D eigenvalue weighted by Gasteiger charge is -2.00. The molecule has 0 aliphatic carbocycles. The van der Waals surface area contributed by atoms with Crippen LogP contribution < -0.4 is 0 Å². The van der Waals surface area contributed by atoms with Crippen molar-refractivity contribution in [2.24, 2.45) is 0 Å². The van der Waals surface area contributed by atoms with E-state index in [1.807, 2.05) is 0 Å². The number of aryl methyl sites for hydroxylation is 1. The number of aromatic nitrogens is 2. The molecule has 0 spiro atoms. The van der Waals surface area contributed by atoms with Crippen molar-refractivity contribution in [3.63, 3.8) is 0 Å². The van der Waals surface area contributed by atoms with E-state index in [1.54, 1.807) is 0 Å². The molecule has 0 bridgehead atoms. The Balaban J connectivity index is 2.96. The Morgan fingerprint density at radius 1 is 1.61 bits per heavy atom. The molecule has 10 heteroatoms. The van der Waals surface area contributed by atoms with Gasteiger partial charge in [0.1, 0.15) is 6.20 Å². The van der Waals surface area contributed by atoms with Crippen LogP contribution >= 0.6 is 0 Å². The molecule has 0 saturated heterocycles. The van der Waals surface area contributed by atoms with Crippen molar-refractivity contribution >= 4 is 21.5 Å². The summed E-state index contributed by atoms with van der Waals surface area (Å²) in [7, 11) is -3.24. The first-order valence-corrected chi connectivity index (χ1v) is 6.74. The molecule has 1 heterocycles. The summed E-state index contributed by atoms with van der Waals surface area (Å²) < 4.78 is 23.4. The third-order valence-corrected chi connectivity index (χ3v) is 3.90. The van der Waals surface area contributed by atoms with Crippen LogP contribution in [-0.2, 0) is 16.4 Å². The van der Waals surface area contributed by atoms with Gasteiger partial charge in [-0.3, -0.25) is 14.8 Å². The number of carboxylic acids is 1. The zero-order chi connectivity index (χ0) is 13.9. The van der Waals surface area contributed by atoms with Gasteiger partial charge < -0.3 is 5.11 Å². The molecular weight excluding hydrogens is 266 g/mol. The highest BCUT2D eigenvalue weighted by molar-refractivity contribution is 7.91. The summed E-state index contributed by atoms with van der Waals surface area (Å²) >= 11 is 0. The van der Waals surface area contributed by atoms with Gasteiger partial charge in [-0.15, -0.1) is 0 Å². The minimum absolute atomic E-state index is 0.0534. The number of carbonyl (C=O) groups is 1. The van der Waals surface area contributed by atoms with Gasteiger partial charge in [0.15, 0.2) is 9.84 Å². The van der Waals surface area contributed by atoms with Crippen molar-refractivity contribution in [2.45, 2.75) is 13.5 Å². The number of rotatable bonds is 6. The lowest BCUT2D eigenvalue weighted by atomic mass is 10.4. The molecule has 0 aliphatic rings. The van der Waals surface area contributed by atoms with Crippen molar-refractivity contribution in [2.75, 3.05) is 11.5 Å². The fourth-order valence-electron chi connectivity index (χ4n) is 1.19. The average Bonchev–Trinajstić information content (AvgIpc) is 2.71. The molecule has 0 unspecified atom stereocenters. The molecule has 100 valence electrons. The van der Waals surface area contributed by atoms with Crippen LogP contribution in [0.25, 0.3) is 0 Å². The number of carboxylic acid groups (broad SMARTS) is 1. The van der Waals surface area contributed by atoms with E-state index in [-0.39, 0.29) is 18.1 Å². The second-order valence-corrected chi connectivity index (χ2v) is 5.90. The Morgan fingerprint density at radius 3 is 2.61 bits per heavy atom. The molecule has 0 aromatic carbocycles. The van der Waals surface area contributed by atoms with E-state index >= 15 is 0 Å². The molecule has 0 radical (unpaired) electrons. The van der Waals surface area contributed by atoms with Crippen LogP contribution in [0.15, 0.2) is 6.20 Å². The number of hydrogen-bond acceptors (Lipinski definition) is 6. The van der Waals surface area contributed by atoms with Gasteiger partial charge in [-0.25, -0.2) is 13.2 Å². The summed E-state index contributed by atoms with van der Waals surface area (Å²) in [6, 6.07) is 0. The van der Waals surface area contributed by atoms with Gasteiger partial charge in [0.05, 0.1) is 17.2 Å². The zero-order valence-corrected chi connectivity index (χ0v) is 10.3. The molecule has 0 amide bonds. The summed E-state index contributed by atoms with van der Waals surface area (Å²) in [5, 5.41) is 22.8. The van der Waals surface area contributed by atoms with Crippen LogP contribution in [0.2, 0.25) is 0 Å². The summed E-state index contributed by atoms with van der Waals surface area (Å²) in [5.74, 6) is -1.83. The van der Waals surface area contributed by atoms with Crippen LogP contribution in [0.4, 0.5) is 5.69 Å². The SMILES string of the molecule is CCS(=O)(=O)CCn1cc([N+](=O)[O-])c(C(=O)O)n1. The minimum Gasteiger partial charge on any atom is -0.476 e. The molecule has 0 saturated carbocycles. The van der Waals surface area contributed by atoms with Crippen LogP contribution in [0.5, 0.6) is 0 Å². The van der Waals surface area contributed by atoms with Crippen molar-refractivity contribution in [1.29, 1.82) is 0 Å². The molecule has 1 aromatic heterocycles. The molecule has 18 heavy (non-hydrogen) atoms. The van der Waals surface area contributed by atoms with Gasteiger partial charge in [-0.2, -0.15) is 5.10 Å². The highest BCUT2D eigenvalue weighted by Crippen LogP contribution is 2.16. The van der Waals surface area contributed by atoms with Gasteiger partial charge in [-0.05, 0) is 0 Å². The monoisotopic (exact) mass is 277 g/mol. The normalized spacial score (nSPS) is 11.4. The third kappa shape index (κ3) is 3.26. The maximum absolute atomic E-state index is 11.2. The molecule has 9 nitrogen and oxygen atoms in total. The van der Waals surface area contributed by atoms with E-state index in [0.717, 1.165) is 10.9 Å². The van der Waals surface area contributed by atoms with Gasteiger partial charge in [0.25, 0.3) is 0 Å². The first-order chi connectivity index (χ1) is 8.26. The molecule has 1 rings (SSSR count). The van der Waals surface area contributed by atoms with Crippen LogP contribution in [-0.4, -0.2) is 45.7 Å². The van der Waals surface area contributed by atoms with E-state index < -0.39 is 32.1 Å². The fraction of sp³-hybridized carbons (Fsp3) is 0.500. The third-order valence-electron chi connectivity index (χ3n) is 2.21. The highest BCUT2D eigenvalue weighted by Gasteiger charge is 2.25. The summed E-state index contributed by atoms with van der Waals surface area (Å²) in [4.78, 5) is 20.4. The highest BCUT2D eigenvalue weighted by atomic mass is 32.2. The number of hydrogen-bond donors (Lipinski definition) is 1. The minimum atomic E-state index is -3.24. The first kappa shape index (κ1) is 14.1. The standard InChI is InChI=1S/C8H11N3O6S/c1-2-18(16,17)4-3-10-5-6(11(14)15)7(9-10)8(12)13/h5H,2-4H2,1H3,(H,12,13). The fourth-order valence-corrected chi connectivity index (χ4v) is 1.94. The Labute approximate surface area is 102 Å². The lowest BCUT2D eigenvalue weighted by Crippen LogP contribution is -2.15. The maximum atomic E-state index is 11.2. The Hall–Kier alpha value is -1.97. The predicted octanol–water partition coefficient (Wildman–Crippen LogP) is -0.0758. The zero-order valence-electron chi connectivity index (χ0n) is 9.44. The van der Waals surface area contributed by atoms with Crippen LogP contribution in [0.1, 0.15) is 17.4 Å². The largest absolute Gasteiger partial charge is 0.476 e. The topological polar surface area (TPSA) is 132 Å². The summed E-state index contributed by atoms with van der Waals surface area (Å²) in [5.41, 5.74) is -1.36. The van der Waals surface area contributed by atoms with E-state index in [2.05, 4.69) is 5.10 Å². The molecule has 1 aromatic rings. The molecule has 0 fully saturated rings. The van der Waals surface area contributed by atoms with Gasteiger partial charge in [-0.1, -0.05) is 6.92 Å². The van der Waals surface area contributed by atoms with Crippen molar-refractivity contribution < 1.29 is 23.2 Å². The van der Waals surface area contributed by atoms with Gasteiger partial charge in [0, 0.05) is 5.75 Å². The van der Waals surface area contributed by atoms with Gasteiger partial charge >= 0.3 is 11.7 Å². The number of nitro groups is 1. The van der Waals surface area contributed by atoms with Crippen LogP contribution in [0.3, 0.4) is 0 Å². The van der Waals surface area contributed by atoms with E-state index in [4.69, 9.17) is 5.11 Å². The molecular formula is C8H11N3O6S. The summed E-state index contributed by atoms with van der Waals surface area (Å²) in [6.07, 6.45) is 0.911. The Kier molecular flexibility index (Phi) is 4.01. The summed E-state index contributed by atoms with van der Waals surface area (Å²) in [6.45, 7) is 1.36. The Morgan fingerprint density at radius 2 is 2.22 bits per heavy atom. The van der Waals surface area contributed by atoms with Gasteiger partial charge in [0.2, 0.25) is 5.69 Å². The molecule has 0 atom stereocenters. The number of sulfone groups is 1. The van der Waals surface area contributed by atoms with Crippen molar-refractivity contribution in [3.05, 3.63) is 22.0 Å². The smallest absolute Gasteiger partial charge is 0.363 e. The van der Waals surface area contributed by atoms with Crippen molar-refractivity contribution in [1.82, 2.24) is 9.78 Å². The second kappa shape index (κ2) is 5.12. The second-order valence-electron chi connectivity index (χ2n) is 3.42. The lowest BCUT2D eigenvalue weighted by molar-refractivity contribution is -0.385.